The molecule has 1 saturated heterocycles. The Hall–Kier alpha value is -1.62. The Kier molecular flexibility index (Phi) is 6.90. The lowest BCUT2D eigenvalue weighted by atomic mass is 9.78. The molecule has 1 heterocycles. The van der Waals surface area contributed by atoms with Crippen LogP contribution in [0, 0.1) is 11.8 Å². The summed E-state index contributed by atoms with van der Waals surface area (Å²) >= 11 is 0. The lowest BCUT2D eigenvalue weighted by molar-refractivity contribution is -0.162. The van der Waals surface area contributed by atoms with Crippen molar-refractivity contribution in [2.24, 2.45) is 11.8 Å². The van der Waals surface area contributed by atoms with Gasteiger partial charge in [0.05, 0.1) is 5.60 Å². The summed E-state index contributed by atoms with van der Waals surface area (Å²) in [5.74, 6) is -0.642. The first-order valence-corrected chi connectivity index (χ1v) is 9.93. The number of hydrogen-bond acceptors (Lipinski definition) is 5. The largest absolute Gasteiger partial charge is 0.459 e. The zero-order chi connectivity index (χ0) is 20.4. The maximum atomic E-state index is 12.5. The fourth-order valence-corrected chi connectivity index (χ4v) is 4.04. The number of ether oxygens (including phenoxy) is 3. The smallest absolute Gasteiger partial charge is 0.333 e. The SMILES string of the molecule is C/C=C(\C)C(=O)O[C@H]1C/C(C)=C/CC[C@]2(C)O[C@H]2[C@H](OC(C)=O)[C@@H]1C(C)C. The zero-order valence-electron chi connectivity index (χ0n) is 17.7. The van der Waals surface area contributed by atoms with Crippen LogP contribution < -0.4 is 0 Å². The highest BCUT2D eigenvalue weighted by Crippen LogP contribution is 2.48. The van der Waals surface area contributed by atoms with Crippen molar-refractivity contribution >= 4 is 11.9 Å². The molecule has 0 spiro atoms. The number of epoxide rings is 1. The van der Waals surface area contributed by atoms with Crippen molar-refractivity contribution in [3.05, 3.63) is 23.3 Å². The van der Waals surface area contributed by atoms with E-state index < -0.39 is 6.10 Å². The number of carbonyl (C=O) groups is 2. The third-order valence-corrected chi connectivity index (χ3v) is 5.79. The van der Waals surface area contributed by atoms with Crippen molar-refractivity contribution in [2.45, 2.75) is 91.6 Å². The van der Waals surface area contributed by atoms with E-state index >= 15 is 0 Å². The Morgan fingerprint density at radius 1 is 1.30 bits per heavy atom. The summed E-state index contributed by atoms with van der Waals surface area (Å²) in [7, 11) is 0. The van der Waals surface area contributed by atoms with Gasteiger partial charge in [-0.1, -0.05) is 31.6 Å². The monoisotopic (exact) mass is 378 g/mol. The fraction of sp³-hybridized carbons (Fsp3) is 0.727. The lowest BCUT2D eigenvalue weighted by Crippen LogP contribution is -2.45. The molecule has 0 unspecified atom stereocenters. The molecular formula is C22H34O5. The van der Waals surface area contributed by atoms with Gasteiger partial charge in [0.25, 0.3) is 0 Å². The van der Waals surface area contributed by atoms with Crippen LogP contribution in [0.3, 0.4) is 0 Å². The molecule has 5 atom stereocenters. The number of fused-ring (bicyclic) bond motifs is 1. The lowest BCUT2D eigenvalue weighted by Gasteiger charge is -2.36. The summed E-state index contributed by atoms with van der Waals surface area (Å²) in [6.07, 6.45) is 5.40. The summed E-state index contributed by atoms with van der Waals surface area (Å²) in [4.78, 5) is 24.3. The molecule has 0 bridgehead atoms. The van der Waals surface area contributed by atoms with Gasteiger partial charge in [-0.3, -0.25) is 4.79 Å². The van der Waals surface area contributed by atoms with E-state index in [0.717, 1.165) is 12.8 Å². The Labute approximate surface area is 163 Å². The Morgan fingerprint density at radius 2 is 1.96 bits per heavy atom. The molecule has 0 amide bonds. The van der Waals surface area contributed by atoms with E-state index in [1.54, 1.807) is 13.0 Å². The van der Waals surface area contributed by atoms with E-state index in [0.29, 0.717) is 12.0 Å². The van der Waals surface area contributed by atoms with Gasteiger partial charge in [-0.2, -0.15) is 0 Å². The van der Waals surface area contributed by atoms with Gasteiger partial charge in [-0.05, 0) is 46.5 Å². The molecular weight excluding hydrogens is 344 g/mol. The maximum Gasteiger partial charge on any atom is 0.333 e. The average Bonchev–Trinajstić information content (AvgIpc) is 3.23. The third-order valence-electron chi connectivity index (χ3n) is 5.79. The van der Waals surface area contributed by atoms with E-state index in [9.17, 15) is 9.59 Å². The predicted octanol–water partition coefficient (Wildman–Crippen LogP) is 4.36. The van der Waals surface area contributed by atoms with Crippen molar-refractivity contribution in [2.75, 3.05) is 0 Å². The van der Waals surface area contributed by atoms with Gasteiger partial charge >= 0.3 is 11.9 Å². The molecule has 27 heavy (non-hydrogen) atoms. The standard InChI is InChI=1S/C22H34O5/c1-8-15(5)21(24)26-17-12-14(4)10-9-11-22(7)20(27-22)19(25-16(6)23)18(17)13(2)3/h8,10,13,17-20H,9,11-12H2,1-7H3/b14-10+,15-8+/t17-,18+,19+,20-,22-/m0/s1. The average molecular weight is 379 g/mol. The van der Waals surface area contributed by atoms with Gasteiger partial charge in [0.15, 0.2) is 0 Å². The minimum absolute atomic E-state index is 0.143. The highest BCUT2D eigenvalue weighted by atomic mass is 16.6. The van der Waals surface area contributed by atoms with Crippen LogP contribution in [0.5, 0.6) is 0 Å². The van der Waals surface area contributed by atoms with Crippen LogP contribution in [0.25, 0.3) is 0 Å². The molecule has 0 aromatic heterocycles. The van der Waals surface area contributed by atoms with E-state index in [2.05, 4.69) is 33.8 Å². The minimum Gasteiger partial charge on any atom is -0.459 e. The van der Waals surface area contributed by atoms with Gasteiger partial charge in [0.1, 0.15) is 18.3 Å². The summed E-state index contributed by atoms with van der Waals surface area (Å²) < 4.78 is 17.7. The number of rotatable bonds is 4. The van der Waals surface area contributed by atoms with Crippen LogP contribution in [0.4, 0.5) is 0 Å². The van der Waals surface area contributed by atoms with E-state index in [-0.39, 0.29) is 41.6 Å². The molecule has 0 aromatic carbocycles. The second kappa shape index (κ2) is 8.59. The van der Waals surface area contributed by atoms with Crippen LogP contribution >= 0.6 is 0 Å². The molecule has 5 heteroatoms. The first-order valence-electron chi connectivity index (χ1n) is 9.93. The molecule has 1 aliphatic heterocycles. The summed E-state index contributed by atoms with van der Waals surface area (Å²) in [6, 6.07) is 0. The van der Waals surface area contributed by atoms with Crippen molar-refractivity contribution in [1.29, 1.82) is 0 Å². The molecule has 0 radical (unpaired) electrons. The van der Waals surface area contributed by atoms with Gasteiger partial charge in [-0.15, -0.1) is 0 Å². The minimum atomic E-state index is -0.429. The van der Waals surface area contributed by atoms with E-state index in [1.807, 2.05) is 6.92 Å². The molecule has 5 nitrogen and oxygen atoms in total. The molecule has 0 saturated carbocycles. The number of carbonyl (C=O) groups excluding carboxylic acids is 2. The molecule has 0 aromatic rings. The van der Waals surface area contributed by atoms with Gasteiger partial charge in [-0.25, -0.2) is 4.79 Å². The number of hydrogen-bond donors (Lipinski definition) is 0. The second-order valence-corrected chi connectivity index (χ2v) is 8.46. The summed E-state index contributed by atoms with van der Waals surface area (Å²) in [5, 5.41) is 0. The van der Waals surface area contributed by atoms with Crippen LogP contribution in [0.15, 0.2) is 23.3 Å². The van der Waals surface area contributed by atoms with Crippen molar-refractivity contribution < 1.29 is 23.8 Å². The first-order chi connectivity index (χ1) is 12.6. The van der Waals surface area contributed by atoms with Gasteiger partial charge in [0, 0.05) is 24.8 Å². The van der Waals surface area contributed by atoms with Crippen LogP contribution in [0.2, 0.25) is 0 Å². The van der Waals surface area contributed by atoms with Crippen molar-refractivity contribution in [3.63, 3.8) is 0 Å². The predicted molar refractivity (Wildman–Crippen MR) is 104 cm³/mol. The molecule has 1 fully saturated rings. The molecule has 152 valence electrons. The zero-order valence-corrected chi connectivity index (χ0v) is 17.7. The third kappa shape index (κ3) is 5.22. The Bertz CT molecular complexity index is 633. The maximum absolute atomic E-state index is 12.5. The molecule has 1 aliphatic carbocycles. The fourth-order valence-electron chi connectivity index (χ4n) is 4.04. The first kappa shape index (κ1) is 21.7. The van der Waals surface area contributed by atoms with Crippen LogP contribution in [0.1, 0.15) is 67.7 Å². The van der Waals surface area contributed by atoms with E-state index in [1.165, 1.54) is 12.5 Å². The van der Waals surface area contributed by atoms with E-state index in [4.69, 9.17) is 14.2 Å². The van der Waals surface area contributed by atoms with Crippen molar-refractivity contribution in [1.82, 2.24) is 0 Å². The van der Waals surface area contributed by atoms with Gasteiger partial charge < -0.3 is 14.2 Å². The molecule has 0 N–H and O–H groups in total. The number of allylic oxidation sites excluding steroid dienone is 2. The molecule has 2 rings (SSSR count). The Balaban J connectivity index is 2.42. The summed E-state index contributed by atoms with van der Waals surface area (Å²) in [6.45, 7) is 13.3. The summed E-state index contributed by atoms with van der Waals surface area (Å²) in [5.41, 5.74) is 1.46. The number of esters is 2. The second-order valence-electron chi connectivity index (χ2n) is 8.46. The normalized spacial score (nSPS) is 36.3. The quantitative estimate of drug-likeness (QED) is 0.315. The Morgan fingerprint density at radius 3 is 2.52 bits per heavy atom. The van der Waals surface area contributed by atoms with Gasteiger partial charge in [0.2, 0.25) is 0 Å². The molecule has 2 aliphatic rings. The van der Waals surface area contributed by atoms with Crippen LogP contribution in [-0.2, 0) is 23.8 Å². The highest BCUT2D eigenvalue weighted by molar-refractivity contribution is 5.87. The van der Waals surface area contributed by atoms with Crippen molar-refractivity contribution in [3.8, 4) is 0 Å². The topological polar surface area (TPSA) is 65.1 Å². The van der Waals surface area contributed by atoms with Crippen LogP contribution in [-0.4, -0.2) is 35.9 Å². The highest BCUT2D eigenvalue weighted by Gasteiger charge is 2.60.